The molecule has 0 aliphatic heterocycles. The maximum atomic E-state index is 5.36. The highest BCUT2D eigenvalue weighted by atomic mass is 16.5. The third-order valence-electron chi connectivity index (χ3n) is 3.04. The molecule has 1 aromatic carbocycles. The molecule has 4 nitrogen and oxygen atoms in total. The minimum Gasteiger partial charge on any atom is -0.481 e. The highest BCUT2D eigenvalue weighted by molar-refractivity contribution is 5.97. The van der Waals surface area contributed by atoms with Gasteiger partial charge in [-0.25, -0.2) is 4.98 Å². The van der Waals surface area contributed by atoms with Crippen LogP contribution >= 0.6 is 0 Å². The molecule has 0 saturated carbocycles. The molecule has 1 aromatic heterocycles. The van der Waals surface area contributed by atoms with Crippen molar-refractivity contribution in [3.8, 4) is 5.88 Å². The van der Waals surface area contributed by atoms with Crippen molar-refractivity contribution in [1.82, 2.24) is 9.88 Å². The molecule has 0 bridgehead atoms. The molecule has 102 valence electrons. The highest BCUT2D eigenvalue weighted by Crippen LogP contribution is 2.29. The van der Waals surface area contributed by atoms with Gasteiger partial charge in [-0.05, 0) is 39.2 Å². The van der Waals surface area contributed by atoms with Crippen molar-refractivity contribution < 1.29 is 4.74 Å². The topological polar surface area (TPSA) is 37.4 Å². The standard InChI is InChI=1S/C15H21N3O/c1-11-10-13-12(15(17-11)19-4)6-5-7-14(13)16-8-9-18(2)3/h5-7,10,16H,8-9H2,1-4H3. The molecule has 0 unspecified atom stereocenters. The molecule has 2 rings (SSSR count). The highest BCUT2D eigenvalue weighted by Gasteiger charge is 2.07. The predicted octanol–water partition coefficient (Wildman–Crippen LogP) is 2.53. The summed E-state index contributed by atoms with van der Waals surface area (Å²) in [4.78, 5) is 6.57. The van der Waals surface area contributed by atoms with Crippen LogP contribution < -0.4 is 10.1 Å². The summed E-state index contributed by atoms with van der Waals surface area (Å²) in [6.07, 6.45) is 0. The Morgan fingerprint density at radius 1 is 1.26 bits per heavy atom. The van der Waals surface area contributed by atoms with E-state index in [1.165, 1.54) is 0 Å². The fourth-order valence-corrected chi connectivity index (χ4v) is 2.09. The van der Waals surface area contributed by atoms with Crippen LogP contribution in [0.3, 0.4) is 0 Å². The SMILES string of the molecule is COc1nc(C)cc2c(NCCN(C)C)cccc12. The fraction of sp³-hybridized carbons (Fsp3) is 0.400. The van der Waals surface area contributed by atoms with Crippen LogP contribution in [0.1, 0.15) is 5.69 Å². The van der Waals surface area contributed by atoms with Gasteiger partial charge in [0, 0.05) is 35.2 Å². The van der Waals surface area contributed by atoms with E-state index in [4.69, 9.17) is 4.74 Å². The number of benzene rings is 1. The van der Waals surface area contributed by atoms with Crippen molar-refractivity contribution in [3.63, 3.8) is 0 Å². The molecule has 4 heteroatoms. The molecule has 2 aromatic rings. The van der Waals surface area contributed by atoms with Crippen LogP contribution in [0.15, 0.2) is 24.3 Å². The molecule has 0 aliphatic carbocycles. The fourth-order valence-electron chi connectivity index (χ4n) is 2.09. The van der Waals surface area contributed by atoms with E-state index in [1.54, 1.807) is 7.11 Å². The number of hydrogen-bond donors (Lipinski definition) is 1. The molecule has 1 N–H and O–H groups in total. The molecule has 0 amide bonds. The Morgan fingerprint density at radius 3 is 2.74 bits per heavy atom. The summed E-state index contributed by atoms with van der Waals surface area (Å²) in [5, 5.41) is 5.67. The quantitative estimate of drug-likeness (QED) is 0.895. The van der Waals surface area contributed by atoms with E-state index in [0.717, 1.165) is 35.2 Å². The van der Waals surface area contributed by atoms with Crippen LogP contribution in [-0.4, -0.2) is 44.2 Å². The van der Waals surface area contributed by atoms with E-state index in [9.17, 15) is 0 Å². The molecule has 0 fully saturated rings. The number of pyridine rings is 1. The molecule has 0 saturated heterocycles. The summed E-state index contributed by atoms with van der Waals surface area (Å²) >= 11 is 0. The number of ether oxygens (including phenoxy) is 1. The second-order valence-corrected chi connectivity index (χ2v) is 4.90. The van der Waals surface area contributed by atoms with Gasteiger partial charge in [-0.1, -0.05) is 6.07 Å². The normalized spacial score (nSPS) is 11.0. The van der Waals surface area contributed by atoms with Crippen molar-refractivity contribution in [2.75, 3.05) is 39.6 Å². The number of anilines is 1. The van der Waals surface area contributed by atoms with E-state index >= 15 is 0 Å². The third-order valence-corrected chi connectivity index (χ3v) is 3.04. The largest absolute Gasteiger partial charge is 0.481 e. The van der Waals surface area contributed by atoms with E-state index in [2.05, 4.69) is 41.4 Å². The maximum Gasteiger partial charge on any atom is 0.221 e. The first kappa shape index (κ1) is 13.6. The van der Waals surface area contributed by atoms with Crippen LogP contribution in [0.2, 0.25) is 0 Å². The number of likely N-dealkylation sites (N-methyl/N-ethyl adjacent to an activating group) is 1. The molecular weight excluding hydrogens is 238 g/mol. The van der Waals surface area contributed by atoms with Crippen molar-refractivity contribution in [1.29, 1.82) is 0 Å². The number of nitrogens with zero attached hydrogens (tertiary/aromatic N) is 2. The zero-order valence-corrected chi connectivity index (χ0v) is 12.0. The lowest BCUT2D eigenvalue weighted by molar-refractivity contribution is 0.402. The van der Waals surface area contributed by atoms with Crippen molar-refractivity contribution in [2.24, 2.45) is 0 Å². The number of nitrogens with one attached hydrogen (secondary N) is 1. The number of aryl methyl sites for hydroxylation is 1. The lowest BCUT2D eigenvalue weighted by Crippen LogP contribution is -2.20. The van der Waals surface area contributed by atoms with Gasteiger partial charge in [0.1, 0.15) is 0 Å². The van der Waals surface area contributed by atoms with Crippen LogP contribution in [0, 0.1) is 6.92 Å². The molecule has 1 heterocycles. The van der Waals surface area contributed by atoms with Gasteiger partial charge in [0.2, 0.25) is 5.88 Å². The van der Waals surface area contributed by atoms with Gasteiger partial charge in [0.25, 0.3) is 0 Å². The molecule has 0 spiro atoms. The Balaban J connectivity index is 2.36. The number of hydrogen-bond acceptors (Lipinski definition) is 4. The van der Waals surface area contributed by atoms with Crippen LogP contribution in [0.25, 0.3) is 10.8 Å². The summed E-state index contributed by atoms with van der Waals surface area (Å²) in [7, 11) is 5.80. The lowest BCUT2D eigenvalue weighted by Gasteiger charge is -2.14. The first-order valence-corrected chi connectivity index (χ1v) is 6.45. The van der Waals surface area contributed by atoms with Crippen molar-refractivity contribution in [2.45, 2.75) is 6.92 Å². The second kappa shape index (κ2) is 5.89. The average molecular weight is 259 g/mol. The Bertz CT molecular complexity index is 567. The zero-order chi connectivity index (χ0) is 13.8. The first-order chi connectivity index (χ1) is 9.11. The van der Waals surface area contributed by atoms with E-state index < -0.39 is 0 Å². The predicted molar refractivity (Wildman–Crippen MR) is 80.1 cm³/mol. The van der Waals surface area contributed by atoms with Gasteiger partial charge < -0.3 is 15.0 Å². The number of rotatable bonds is 5. The number of methoxy groups -OCH3 is 1. The van der Waals surface area contributed by atoms with Gasteiger partial charge in [0.05, 0.1) is 7.11 Å². The Labute approximate surface area is 114 Å². The van der Waals surface area contributed by atoms with Gasteiger partial charge in [-0.2, -0.15) is 0 Å². The van der Waals surface area contributed by atoms with Crippen LogP contribution in [-0.2, 0) is 0 Å². The molecule has 0 aliphatic rings. The van der Waals surface area contributed by atoms with Crippen LogP contribution in [0.4, 0.5) is 5.69 Å². The minimum atomic E-state index is 0.686. The van der Waals surface area contributed by atoms with E-state index in [1.807, 2.05) is 19.1 Å². The summed E-state index contributed by atoms with van der Waals surface area (Å²) < 4.78 is 5.36. The third kappa shape index (κ3) is 3.15. The Morgan fingerprint density at radius 2 is 2.05 bits per heavy atom. The molecule has 0 radical (unpaired) electrons. The van der Waals surface area contributed by atoms with Gasteiger partial charge in [0.15, 0.2) is 0 Å². The molecule has 0 atom stereocenters. The summed E-state index contributed by atoms with van der Waals surface area (Å²) in [6, 6.07) is 8.25. The van der Waals surface area contributed by atoms with E-state index in [0.29, 0.717) is 5.88 Å². The van der Waals surface area contributed by atoms with Gasteiger partial charge in [-0.15, -0.1) is 0 Å². The summed E-state index contributed by atoms with van der Waals surface area (Å²) in [6.45, 7) is 3.89. The Kier molecular flexibility index (Phi) is 4.22. The lowest BCUT2D eigenvalue weighted by atomic mass is 10.1. The second-order valence-electron chi connectivity index (χ2n) is 4.90. The zero-order valence-electron chi connectivity index (χ0n) is 12.0. The van der Waals surface area contributed by atoms with Gasteiger partial charge >= 0.3 is 0 Å². The van der Waals surface area contributed by atoms with Gasteiger partial charge in [-0.3, -0.25) is 0 Å². The van der Waals surface area contributed by atoms with Crippen LogP contribution in [0.5, 0.6) is 5.88 Å². The average Bonchev–Trinajstić information content (AvgIpc) is 2.38. The summed E-state index contributed by atoms with van der Waals surface area (Å²) in [5.41, 5.74) is 2.09. The number of aromatic nitrogens is 1. The minimum absolute atomic E-state index is 0.686. The first-order valence-electron chi connectivity index (χ1n) is 6.45. The Hall–Kier alpha value is -1.81. The molecular formula is C15H21N3O. The smallest absolute Gasteiger partial charge is 0.221 e. The van der Waals surface area contributed by atoms with E-state index in [-0.39, 0.29) is 0 Å². The monoisotopic (exact) mass is 259 g/mol. The molecule has 19 heavy (non-hydrogen) atoms. The number of fused-ring (bicyclic) bond motifs is 1. The summed E-state index contributed by atoms with van der Waals surface area (Å²) in [5.74, 6) is 0.686. The van der Waals surface area contributed by atoms with Crippen molar-refractivity contribution >= 4 is 16.5 Å². The van der Waals surface area contributed by atoms with Crippen molar-refractivity contribution in [3.05, 3.63) is 30.0 Å². The maximum absolute atomic E-state index is 5.36.